The van der Waals surface area contributed by atoms with Gasteiger partial charge < -0.3 is 14.4 Å². The number of benzene rings is 2. The summed E-state index contributed by atoms with van der Waals surface area (Å²) in [5.41, 5.74) is 0.488. The molecule has 0 unspecified atom stereocenters. The van der Waals surface area contributed by atoms with Crippen LogP contribution in [0.2, 0.25) is 0 Å². The summed E-state index contributed by atoms with van der Waals surface area (Å²) < 4.78 is 37.3. The molecule has 1 heterocycles. The molecule has 2 aromatic rings. The summed E-state index contributed by atoms with van der Waals surface area (Å²) in [7, 11) is -1.75. The Labute approximate surface area is 173 Å². The first-order valence-electron chi connectivity index (χ1n) is 9.01. The van der Waals surface area contributed by atoms with Crippen molar-refractivity contribution >= 4 is 39.2 Å². The molecule has 1 amide bonds. The van der Waals surface area contributed by atoms with E-state index in [1.54, 1.807) is 17.0 Å². The van der Waals surface area contributed by atoms with Crippen molar-refractivity contribution in [2.24, 2.45) is 0 Å². The number of hydrogen-bond acceptors (Lipinski definition) is 7. The smallest absolute Gasteiger partial charge is 0.339 e. The van der Waals surface area contributed by atoms with Gasteiger partial charge in [0.15, 0.2) is 0 Å². The van der Waals surface area contributed by atoms with Gasteiger partial charge in [0.1, 0.15) is 0 Å². The van der Waals surface area contributed by atoms with Gasteiger partial charge in [0.25, 0.3) is 10.0 Å². The first-order valence-corrected chi connectivity index (χ1v) is 10.5. The minimum absolute atomic E-state index is 0.00826. The number of rotatable bonds is 6. The van der Waals surface area contributed by atoms with E-state index in [1.807, 2.05) is 0 Å². The number of sulfonamides is 1. The maximum Gasteiger partial charge on any atom is 0.339 e. The molecule has 0 atom stereocenters. The van der Waals surface area contributed by atoms with Crippen molar-refractivity contribution in [2.45, 2.75) is 17.7 Å². The molecule has 0 radical (unpaired) electrons. The molecular formula is C20H20N2O7S. The van der Waals surface area contributed by atoms with Crippen LogP contribution in [0.15, 0.2) is 47.4 Å². The van der Waals surface area contributed by atoms with Crippen molar-refractivity contribution in [2.75, 3.05) is 30.4 Å². The number of nitrogens with zero attached hydrogens (tertiary/aromatic N) is 1. The van der Waals surface area contributed by atoms with Crippen LogP contribution in [0.1, 0.15) is 33.6 Å². The molecule has 1 aliphatic heterocycles. The molecule has 0 spiro atoms. The Balaban J connectivity index is 1.92. The average molecular weight is 432 g/mol. The number of ether oxygens (including phenoxy) is 2. The van der Waals surface area contributed by atoms with Gasteiger partial charge in [0, 0.05) is 18.7 Å². The summed E-state index contributed by atoms with van der Waals surface area (Å²) in [5, 5.41) is 0. The number of nitrogens with one attached hydrogen (secondary N) is 1. The second-order valence-electron chi connectivity index (χ2n) is 6.49. The lowest BCUT2D eigenvalue weighted by molar-refractivity contribution is -0.117. The van der Waals surface area contributed by atoms with E-state index in [0.29, 0.717) is 18.7 Å². The van der Waals surface area contributed by atoms with E-state index in [0.717, 1.165) is 13.5 Å². The van der Waals surface area contributed by atoms with Crippen molar-refractivity contribution in [1.82, 2.24) is 0 Å². The second kappa shape index (κ2) is 8.54. The molecule has 0 saturated carbocycles. The molecule has 158 valence electrons. The van der Waals surface area contributed by atoms with E-state index in [2.05, 4.69) is 14.2 Å². The number of anilines is 2. The van der Waals surface area contributed by atoms with Crippen molar-refractivity contribution < 1.29 is 32.3 Å². The molecule has 0 aliphatic carbocycles. The second-order valence-corrected chi connectivity index (χ2v) is 8.17. The fraction of sp³-hybridized carbons (Fsp3) is 0.250. The summed E-state index contributed by atoms with van der Waals surface area (Å²) in [6.07, 6.45) is 1.22. The van der Waals surface area contributed by atoms with Crippen LogP contribution in [0.4, 0.5) is 11.4 Å². The first-order chi connectivity index (χ1) is 14.3. The quantitative estimate of drug-likeness (QED) is 0.695. The fourth-order valence-corrected chi connectivity index (χ4v) is 4.16. The van der Waals surface area contributed by atoms with Crippen molar-refractivity contribution in [3.8, 4) is 0 Å². The highest BCUT2D eigenvalue weighted by molar-refractivity contribution is 7.92. The maximum atomic E-state index is 12.9. The Morgan fingerprint density at radius 2 is 1.67 bits per heavy atom. The normalized spacial score (nSPS) is 13.8. The summed E-state index contributed by atoms with van der Waals surface area (Å²) in [6, 6.07) is 9.63. The highest BCUT2D eigenvalue weighted by Gasteiger charge is 2.24. The summed E-state index contributed by atoms with van der Waals surface area (Å²) >= 11 is 0. The number of hydrogen-bond donors (Lipinski definition) is 1. The predicted molar refractivity (Wildman–Crippen MR) is 108 cm³/mol. The summed E-state index contributed by atoms with van der Waals surface area (Å²) in [4.78, 5) is 37.2. The third-order valence-electron chi connectivity index (χ3n) is 4.62. The van der Waals surface area contributed by atoms with Crippen molar-refractivity contribution in [3.05, 3.63) is 53.6 Å². The molecule has 1 saturated heterocycles. The van der Waals surface area contributed by atoms with Gasteiger partial charge in [0.2, 0.25) is 5.91 Å². The van der Waals surface area contributed by atoms with Crippen LogP contribution < -0.4 is 9.62 Å². The minimum Gasteiger partial charge on any atom is -0.465 e. The Morgan fingerprint density at radius 1 is 1.00 bits per heavy atom. The van der Waals surface area contributed by atoms with Crippen molar-refractivity contribution in [3.63, 3.8) is 0 Å². The van der Waals surface area contributed by atoms with Gasteiger partial charge in [0.05, 0.1) is 35.9 Å². The monoisotopic (exact) mass is 432 g/mol. The number of methoxy groups -OCH3 is 2. The predicted octanol–water partition coefficient (Wildman–Crippen LogP) is 2.19. The number of carbonyl (C=O) groups is 3. The van der Waals surface area contributed by atoms with E-state index in [-0.39, 0.29) is 27.6 Å². The lowest BCUT2D eigenvalue weighted by atomic mass is 10.1. The average Bonchev–Trinajstić information content (AvgIpc) is 3.18. The van der Waals surface area contributed by atoms with Gasteiger partial charge in [-0.3, -0.25) is 9.52 Å². The van der Waals surface area contributed by atoms with Gasteiger partial charge in [-0.05, 0) is 48.9 Å². The van der Waals surface area contributed by atoms with E-state index in [1.165, 1.54) is 37.4 Å². The molecule has 30 heavy (non-hydrogen) atoms. The fourth-order valence-electron chi connectivity index (χ4n) is 3.09. The molecule has 0 bridgehead atoms. The Kier molecular flexibility index (Phi) is 6.06. The van der Waals surface area contributed by atoms with Crippen LogP contribution in [0.5, 0.6) is 0 Å². The van der Waals surface area contributed by atoms with Gasteiger partial charge >= 0.3 is 11.9 Å². The SMILES string of the molecule is COC(=O)c1ccc(C(=O)OC)c(NS(=O)(=O)c2ccc(N3CCCC3=O)cc2)c1. The van der Waals surface area contributed by atoms with Gasteiger partial charge in [-0.1, -0.05) is 0 Å². The zero-order valence-corrected chi connectivity index (χ0v) is 17.2. The Bertz CT molecular complexity index is 1090. The van der Waals surface area contributed by atoms with E-state index < -0.39 is 22.0 Å². The lowest BCUT2D eigenvalue weighted by Crippen LogP contribution is -2.23. The van der Waals surface area contributed by atoms with E-state index >= 15 is 0 Å². The maximum absolute atomic E-state index is 12.9. The Hall–Kier alpha value is -3.40. The highest BCUT2D eigenvalue weighted by Crippen LogP contribution is 2.26. The molecule has 1 fully saturated rings. The van der Waals surface area contributed by atoms with Crippen LogP contribution in [-0.4, -0.2) is 47.0 Å². The van der Waals surface area contributed by atoms with E-state index in [9.17, 15) is 22.8 Å². The van der Waals surface area contributed by atoms with Crippen LogP contribution in [-0.2, 0) is 24.3 Å². The zero-order chi connectivity index (χ0) is 21.9. The molecule has 1 N–H and O–H groups in total. The largest absolute Gasteiger partial charge is 0.465 e. The lowest BCUT2D eigenvalue weighted by Gasteiger charge is -2.16. The zero-order valence-electron chi connectivity index (χ0n) is 16.4. The van der Waals surface area contributed by atoms with Crippen molar-refractivity contribution in [1.29, 1.82) is 0 Å². The molecule has 10 heteroatoms. The molecule has 9 nitrogen and oxygen atoms in total. The van der Waals surface area contributed by atoms with Crippen LogP contribution in [0, 0.1) is 0 Å². The molecule has 0 aromatic heterocycles. The van der Waals surface area contributed by atoms with Crippen LogP contribution >= 0.6 is 0 Å². The van der Waals surface area contributed by atoms with Gasteiger partial charge in [-0.2, -0.15) is 0 Å². The topological polar surface area (TPSA) is 119 Å². The van der Waals surface area contributed by atoms with Gasteiger partial charge in [-0.15, -0.1) is 0 Å². The summed E-state index contributed by atoms with van der Waals surface area (Å²) in [5.74, 6) is -1.47. The molecular weight excluding hydrogens is 412 g/mol. The van der Waals surface area contributed by atoms with Crippen LogP contribution in [0.25, 0.3) is 0 Å². The molecule has 3 rings (SSSR count). The Morgan fingerprint density at radius 3 is 2.23 bits per heavy atom. The standard InChI is InChI=1S/C20H20N2O7S/c1-28-19(24)13-5-10-16(20(25)29-2)17(12-13)21-30(26,27)15-8-6-14(7-9-15)22-11-3-4-18(22)23/h5-10,12,21H,3-4,11H2,1-2H3. The third-order valence-corrected chi connectivity index (χ3v) is 6.00. The molecule has 2 aromatic carbocycles. The molecule has 1 aliphatic rings. The minimum atomic E-state index is -4.09. The number of carbonyl (C=O) groups excluding carboxylic acids is 3. The first kappa shape index (κ1) is 21.3. The highest BCUT2D eigenvalue weighted by atomic mass is 32.2. The summed E-state index contributed by atoms with van der Waals surface area (Å²) in [6.45, 7) is 0.589. The van der Waals surface area contributed by atoms with Gasteiger partial charge in [-0.25, -0.2) is 18.0 Å². The van der Waals surface area contributed by atoms with Crippen LogP contribution in [0.3, 0.4) is 0 Å². The number of amides is 1. The van der Waals surface area contributed by atoms with E-state index in [4.69, 9.17) is 0 Å². The number of esters is 2. The third kappa shape index (κ3) is 4.28.